The van der Waals surface area contributed by atoms with Crippen LogP contribution < -0.4 is 19.9 Å². The van der Waals surface area contributed by atoms with Gasteiger partial charge in [0.2, 0.25) is 5.88 Å². The zero-order valence-electron chi connectivity index (χ0n) is 20.5. The van der Waals surface area contributed by atoms with Gasteiger partial charge in [0, 0.05) is 35.2 Å². The first-order chi connectivity index (χ1) is 18.5. The molecule has 7 nitrogen and oxygen atoms in total. The minimum atomic E-state index is -0.715. The van der Waals surface area contributed by atoms with Crippen LogP contribution in [0.2, 0.25) is 5.02 Å². The Morgan fingerprint density at radius 1 is 1.11 bits per heavy atom. The SMILES string of the molecule is COc1ccc2c(c1)CCn1c-2cc(OCCc2ccc(Oc3ccc(Cl)c(CF)c3)c(C#N)c2)nc1=O. The normalized spacial score (nSPS) is 11.7. The Hall–Kier alpha value is -4.35. The van der Waals surface area contributed by atoms with Crippen molar-refractivity contribution in [1.29, 1.82) is 5.26 Å². The minimum Gasteiger partial charge on any atom is -0.497 e. The van der Waals surface area contributed by atoms with Gasteiger partial charge in [0.15, 0.2) is 0 Å². The number of nitrogens with zero attached hydrogens (tertiary/aromatic N) is 3. The van der Waals surface area contributed by atoms with Crippen LogP contribution in [-0.2, 0) is 26.1 Å². The van der Waals surface area contributed by atoms with Gasteiger partial charge < -0.3 is 14.2 Å². The van der Waals surface area contributed by atoms with E-state index < -0.39 is 6.67 Å². The predicted octanol–water partition coefficient (Wildman–Crippen LogP) is 5.88. The molecule has 0 amide bonds. The first-order valence-electron chi connectivity index (χ1n) is 12.0. The molecule has 0 saturated heterocycles. The number of alkyl halides is 1. The molecule has 4 aromatic rings. The van der Waals surface area contributed by atoms with E-state index in [9.17, 15) is 14.4 Å². The van der Waals surface area contributed by atoms with Crippen LogP contribution >= 0.6 is 11.6 Å². The second-order valence-corrected chi connectivity index (χ2v) is 9.12. The van der Waals surface area contributed by atoms with E-state index in [1.807, 2.05) is 24.3 Å². The van der Waals surface area contributed by atoms with E-state index in [2.05, 4.69) is 11.1 Å². The lowest BCUT2D eigenvalue weighted by molar-refractivity contribution is 0.306. The highest BCUT2D eigenvalue weighted by Gasteiger charge is 2.19. The van der Waals surface area contributed by atoms with Crippen molar-refractivity contribution in [3.05, 3.63) is 98.4 Å². The van der Waals surface area contributed by atoms with Crippen LogP contribution in [0.15, 0.2) is 65.5 Å². The highest BCUT2D eigenvalue weighted by molar-refractivity contribution is 6.31. The van der Waals surface area contributed by atoms with Crippen LogP contribution in [0.1, 0.15) is 22.3 Å². The third-order valence-electron chi connectivity index (χ3n) is 6.37. The number of nitriles is 1. The summed E-state index contributed by atoms with van der Waals surface area (Å²) in [6.45, 7) is 0.0818. The van der Waals surface area contributed by atoms with E-state index in [1.165, 1.54) is 6.07 Å². The van der Waals surface area contributed by atoms with Crippen LogP contribution in [-0.4, -0.2) is 23.3 Å². The Kier molecular flexibility index (Phi) is 7.29. The van der Waals surface area contributed by atoms with Gasteiger partial charge in [0.1, 0.15) is 30.0 Å². The Morgan fingerprint density at radius 3 is 2.74 bits per heavy atom. The Bertz CT molecular complexity index is 1610. The van der Waals surface area contributed by atoms with Crippen LogP contribution in [0.5, 0.6) is 23.1 Å². The molecule has 1 aromatic heterocycles. The van der Waals surface area contributed by atoms with Gasteiger partial charge in [-0.25, -0.2) is 9.18 Å². The molecule has 1 aliphatic rings. The molecular weight excluding hydrogens is 509 g/mol. The molecule has 0 bridgehead atoms. The summed E-state index contributed by atoms with van der Waals surface area (Å²) in [7, 11) is 1.63. The second kappa shape index (κ2) is 11.0. The maximum Gasteiger partial charge on any atom is 0.351 e. The third-order valence-corrected chi connectivity index (χ3v) is 6.74. The summed E-state index contributed by atoms with van der Waals surface area (Å²) < 4.78 is 31.7. The van der Waals surface area contributed by atoms with E-state index >= 15 is 0 Å². The number of hydrogen-bond donors (Lipinski definition) is 0. The summed E-state index contributed by atoms with van der Waals surface area (Å²) in [6.07, 6.45) is 1.20. The zero-order valence-corrected chi connectivity index (χ0v) is 21.3. The summed E-state index contributed by atoms with van der Waals surface area (Å²) in [5.74, 6) is 1.76. The lowest BCUT2D eigenvalue weighted by atomic mass is 9.97. The average Bonchev–Trinajstić information content (AvgIpc) is 2.94. The Labute approximate surface area is 223 Å². The number of ether oxygens (including phenoxy) is 3. The van der Waals surface area contributed by atoms with Crippen molar-refractivity contribution < 1.29 is 18.6 Å². The molecule has 5 rings (SSSR count). The first kappa shape index (κ1) is 25.3. The predicted molar refractivity (Wildman–Crippen MR) is 141 cm³/mol. The Morgan fingerprint density at radius 2 is 1.95 bits per heavy atom. The van der Waals surface area contributed by atoms with E-state index in [0.717, 1.165) is 34.6 Å². The maximum absolute atomic E-state index is 13.1. The molecule has 38 heavy (non-hydrogen) atoms. The molecule has 9 heteroatoms. The minimum absolute atomic E-state index is 0.247. The van der Waals surface area contributed by atoms with Gasteiger partial charge in [0.25, 0.3) is 0 Å². The van der Waals surface area contributed by atoms with Crippen molar-refractivity contribution in [2.75, 3.05) is 13.7 Å². The van der Waals surface area contributed by atoms with Gasteiger partial charge in [0.05, 0.1) is 25.0 Å². The molecular formula is C29H23ClFN3O4. The summed E-state index contributed by atoms with van der Waals surface area (Å²) in [6, 6.07) is 19.6. The number of halogens is 2. The number of hydrogen-bond acceptors (Lipinski definition) is 6. The molecule has 2 heterocycles. The summed E-state index contributed by atoms with van der Waals surface area (Å²) in [4.78, 5) is 16.7. The van der Waals surface area contributed by atoms with E-state index in [4.69, 9.17) is 25.8 Å². The molecule has 3 aromatic carbocycles. The number of fused-ring (bicyclic) bond motifs is 3. The zero-order chi connectivity index (χ0) is 26.6. The molecule has 0 atom stereocenters. The number of benzene rings is 3. The number of methoxy groups -OCH3 is 1. The van der Waals surface area contributed by atoms with Crippen molar-refractivity contribution in [3.8, 4) is 40.5 Å². The molecule has 0 aliphatic carbocycles. The van der Waals surface area contributed by atoms with Crippen molar-refractivity contribution >= 4 is 11.6 Å². The topological polar surface area (TPSA) is 86.4 Å². The van der Waals surface area contributed by atoms with Crippen LogP contribution in [0.4, 0.5) is 4.39 Å². The van der Waals surface area contributed by atoms with Crippen molar-refractivity contribution in [2.45, 2.75) is 26.1 Å². The number of aromatic nitrogens is 2. The average molecular weight is 532 g/mol. The fraction of sp³-hybridized carbons (Fsp3) is 0.207. The first-order valence-corrected chi connectivity index (χ1v) is 12.3. The van der Waals surface area contributed by atoms with Gasteiger partial charge in [-0.3, -0.25) is 4.57 Å². The van der Waals surface area contributed by atoms with Gasteiger partial charge in [-0.2, -0.15) is 10.2 Å². The molecule has 192 valence electrons. The standard InChI is InChI=1S/C29H23ClFN3O4/c1-36-22-3-5-24-19(13-22)8-10-34-26(24)15-28(33-29(34)35)37-11-9-18-2-7-27(21(12-18)17-32)38-23-4-6-25(30)20(14-23)16-31/h2-7,12-15H,8-11,16H2,1H3. The second-order valence-electron chi connectivity index (χ2n) is 8.72. The van der Waals surface area contributed by atoms with Gasteiger partial charge in [-0.05, 0) is 66.1 Å². The third kappa shape index (κ3) is 5.20. The molecule has 0 saturated carbocycles. The highest BCUT2D eigenvalue weighted by atomic mass is 35.5. The van der Waals surface area contributed by atoms with E-state index in [1.54, 1.807) is 42.0 Å². The molecule has 0 fully saturated rings. The van der Waals surface area contributed by atoms with Crippen LogP contribution in [0.3, 0.4) is 0 Å². The van der Waals surface area contributed by atoms with Crippen molar-refractivity contribution in [3.63, 3.8) is 0 Å². The Balaban J connectivity index is 1.29. The molecule has 0 spiro atoms. The maximum atomic E-state index is 13.1. The fourth-order valence-electron chi connectivity index (χ4n) is 4.41. The smallest absolute Gasteiger partial charge is 0.351 e. The summed E-state index contributed by atoms with van der Waals surface area (Å²) in [5, 5.41) is 9.94. The summed E-state index contributed by atoms with van der Waals surface area (Å²) >= 11 is 5.96. The van der Waals surface area contributed by atoms with Crippen molar-refractivity contribution in [2.24, 2.45) is 0 Å². The van der Waals surface area contributed by atoms with Crippen molar-refractivity contribution in [1.82, 2.24) is 9.55 Å². The van der Waals surface area contributed by atoms with E-state index in [0.29, 0.717) is 40.6 Å². The quantitative estimate of drug-likeness (QED) is 0.282. The van der Waals surface area contributed by atoms with Gasteiger partial charge in [-0.1, -0.05) is 17.7 Å². The molecule has 0 radical (unpaired) electrons. The van der Waals surface area contributed by atoms with Crippen LogP contribution in [0, 0.1) is 11.3 Å². The number of aryl methyl sites for hydroxylation is 1. The molecule has 0 N–H and O–H groups in total. The highest BCUT2D eigenvalue weighted by Crippen LogP contribution is 2.33. The van der Waals surface area contributed by atoms with E-state index in [-0.39, 0.29) is 18.2 Å². The van der Waals surface area contributed by atoms with Crippen LogP contribution in [0.25, 0.3) is 11.3 Å². The lowest BCUT2D eigenvalue weighted by Crippen LogP contribution is -2.28. The fourth-order valence-corrected chi connectivity index (χ4v) is 4.58. The lowest BCUT2D eigenvalue weighted by Gasteiger charge is -2.22. The largest absolute Gasteiger partial charge is 0.497 e. The molecule has 1 aliphatic heterocycles. The molecule has 0 unspecified atom stereocenters. The van der Waals surface area contributed by atoms with Gasteiger partial charge >= 0.3 is 5.69 Å². The van der Waals surface area contributed by atoms with Gasteiger partial charge in [-0.15, -0.1) is 0 Å². The monoisotopic (exact) mass is 531 g/mol. The number of rotatable bonds is 8. The summed E-state index contributed by atoms with van der Waals surface area (Å²) in [5.41, 5.74) is 3.95.